The molecule has 0 heterocycles. The molecule has 0 rings (SSSR count). The summed E-state index contributed by atoms with van der Waals surface area (Å²) >= 11 is 0. The number of ether oxygens (including phenoxy) is 1. The summed E-state index contributed by atoms with van der Waals surface area (Å²) in [5, 5.41) is 23.1. The standard InChI is InChI=1S/C59H113NO5/c1-3-5-7-9-11-13-15-17-19-21-23-24-27-31-35-39-43-47-51-57(62)56(55-61)60-58(63)52-48-44-40-36-32-28-26-30-34-38-42-46-50-54-65-59(64)53-49-45-41-37-33-29-25-22-20-18-16-14-12-10-8-6-4-2/h18,20,47,51,56-57,61-62H,3-17,19,21-46,48-50,52-55H2,1-2H3,(H,60,63)/b20-18-,51-47+. The number of aliphatic hydroxyl groups excluding tert-OH is 2. The van der Waals surface area contributed by atoms with Crippen molar-refractivity contribution < 1.29 is 24.5 Å². The fraction of sp³-hybridized carbons (Fsp3) is 0.898. The van der Waals surface area contributed by atoms with Crippen molar-refractivity contribution >= 4 is 11.9 Å². The van der Waals surface area contributed by atoms with Crippen molar-refractivity contribution in [3.63, 3.8) is 0 Å². The molecular weight excluding hydrogens is 803 g/mol. The van der Waals surface area contributed by atoms with Crippen LogP contribution in [0.1, 0.15) is 316 Å². The van der Waals surface area contributed by atoms with Gasteiger partial charge in [0.1, 0.15) is 0 Å². The minimum atomic E-state index is -0.853. The molecule has 0 saturated heterocycles. The summed E-state index contributed by atoms with van der Waals surface area (Å²) in [6.45, 7) is 4.89. The fourth-order valence-electron chi connectivity index (χ4n) is 8.98. The molecule has 0 bridgehead atoms. The molecule has 0 aliphatic rings. The number of rotatable bonds is 54. The van der Waals surface area contributed by atoms with Gasteiger partial charge in [0.2, 0.25) is 5.91 Å². The van der Waals surface area contributed by atoms with E-state index in [0.29, 0.717) is 19.4 Å². The van der Waals surface area contributed by atoms with Gasteiger partial charge in [0.05, 0.1) is 25.4 Å². The van der Waals surface area contributed by atoms with E-state index in [9.17, 15) is 19.8 Å². The van der Waals surface area contributed by atoms with Gasteiger partial charge in [-0.1, -0.05) is 269 Å². The number of esters is 1. The second-order valence-electron chi connectivity index (χ2n) is 20.0. The normalized spacial score (nSPS) is 12.7. The highest BCUT2D eigenvalue weighted by molar-refractivity contribution is 5.76. The van der Waals surface area contributed by atoms with E-state index >= 15 is 0 Å². The lowest BCUT2D eigenvalue weighted by molar-refractivity contribution is -0.143. The zero-order valence-electron chi connectivity index (χ0n) is 43.7. The first kappa shape index (κ1) is 63.3. The number of allylic oxidation sites excluding steroid dienone is 3. The average Bonchev–Trinajstić information content (AvgIpc) is 3.31. The van der Waals surface area contributed by atoms with Crippen LogP contribution in [0.4, 0.5) is 0 Å². The summed E-state index contributed by atoms with van der Waals surface area (Å²) in [5.41, 5.74) is 0. The second-order valence-corrected chi connectivity index (χ2v) is 20.0. The molecule has 2 unspecified atom stereocenters. The number of nitrogens with one attached hydrogen (secondary N) is 1. The quantitative estimate of drug-likeness (QED) is 0.0321. The van der Waals surface area contributed by atoms with Crippen LogP contribution < -0.4 is 5.32 Å². The molecule has 6 heteroatoms. The van der Waals surface area contributed by atoms with E-state index in [1.54, 1.807) is 6.08 Å². The lowest BCUT2D eigenvalue weighted by Gasteiger charge is -2.20. The molecule has 0 fully saturated rings. The summed E-state index contributed by atoms with van der Waals surface area (Å²) in [6.07, 6.45) is 66.2. The van der Waals surface area contributed by atoms with Crippen molar-refractivity contribution in [1.82, 2.24) is 5.32 Å². The monoisotopic (exact) mass is 916 g/mol. The van der Waals surface area contributed by atoms with Crippen molar-refractivity contribution in [3.05, 3.63) is 24.3 Å². The molecule has 0 aromatic heterocycles. The van der Waals surface area contributed by atoms with E-state index < -0.39 is 12.1 Å². The summed E-state index contributed by atoms with van der Waals surface area (Å²) < 4.78 is 5.48. The molecule has 0 aliphatic heterocycles. The Hall–Kier alpha value is -1.66. The highest BCUT2D eigenvalue weighted by Crippen LogP contribution is 2.17. The van der Waals surface area contributed by atoms with Crippen LogP contribution in [0, 0.1) is 0 Å². The van der Waals surface area contributed by atoms with Gasteiger partial charge in [-0.25, -0.2) is 0 Å². The van der Waals surface area contributed by atoms with E-state index in [-0.39, 0.29) is 18.5 Å². The third kappa shape index (κ3) is 51.6. The highest BCUT2D eigenvalue weighted by atomic mass is 16.5. The Bertz CT molecular complexity index is 1010. The van der Waals surface area contributed by atoms with Gasteiger partial charge >= 0.3 is 5.97 Å². The van der Waals surface area contributed by atoms with Gasteiger partial charge in [0, 0.05) is 12.8 Å². The Balaban J connectivity index is 3.47. The van der Waals surface area contributed by atoms with Crippen LogP contribution in [0.15, 0.2) is 24.3 Å². The van der Waals surface area contributed by atoms with Crippen LogP contribution in [-0.4, -0.2) is 47.4 Å². The molecule has 3 N–H and O–H groups in total. The van der Waals surface area contributed by atoms with E-state index in [0.717, 1.165) is 57.8 Å². The first-order valence-corrected chi connectivity index (χ1v) is 29.1. The molecule has 384 valence electrons. The Kier molecular flexibility index (Phi) is 53.5. The summed E-state index contributed by atoms with van der Waals surface area (Å²) in [7, 11) is 0. The number of hydrogen-bond acceptors (Lipinski definition) is 5. The highest BCUT2D eigenvalue weighted by Gasteiger charge is 2.18. The molecule has 0 spiro atoms. The fourth-order valence-corrected chi connectivity index (χ4v) is 8.98. The molecule has 2 atom stereocenters. The number of amides is 1. The Morgan fingerprint density at radius 2 is 0.723 bits per heavy atom. The van der Waals surface area contributed by atoms with Crippen LogP contribution in [0.5, 0.6) is 0 Å². The Morgan fingerprint density at radius 3 is 1.09 bits per heavy atom. The van der Waals surface area contributed by atoms with Gasteiger partial charge in [-0.05, 0) is 57.8 Å². The number of carbonyl (C=O) groups excluding carboxylic acids is 2. The maximum absolute atomic E-state index is 12.5. The van der Waals surface area contributed by atoms with Crippen molar-refractivity contribution in [2.24, 2.45) is 0 Å². The van der Waals surface area contributed by atoms with Crippen molar-refractivity contribution in [3.8, 4) is 0 Å². The van der Waals surface area contributed by atoms with Gasteiger partial charge in [-0.15, -0.1) is 0 Å². The van der Waals surface area contributed by atoms with Crippen molar-refractivity contribution in [2.45, 2.75) is 328 Å². The van der Waals surface area contributed by atoms with Crippen molar-refractivity contribution in [2.75, 3.05) is 13.2 Å². The average molecular weight is 917 g/mol. The zero-order valence-corrected chi connectivity index (χ0v) is 43.7. The van der Waals surface area contributed by atoms with E-state index in [4.69, 9.17) is 4.74 Å². The third-order valence-corrected chi connectivity index (χ3v) is 13.5. The maximum Gasteiger partial charge on any atom is 0.305 e. The largest absolute Gasteiger partial charge is 0.466 e. The molecule has 0 aromatic carbocycles. The Labute approximate surface area is 405 Å². The van der Waals surface area contributed by atoms with Crippen LogP contribution in [-0.2, 0) is 14.3 Å². The lowest BCUT2D eigenvalue weighted by atomic mass is 10.0. The van der Waals surface area contributed by atoms with Gasteiger partial charge in [0.15, 0.2) is 0 Å². The van der Waals surface area contributed by atoms with Crippen LogP contribution in [0.3, 0.4) is 0 Å². The first-order chi connectivity index (χ1) is 32.0. The van der Waals surface area contributed by atoms with Gasteiger partial charge in [0.25, 0.3) is 0 Å². The minimum absolute atomic E-state index is 0.00976. The van der Waals surface area contributed by atoms with E-state index in [1.165, 1.54) is 231 Å². The molecule has 0 aliphatic carbocycles. The second kappa shape index (κ2) is 54.9. The number of hydrogen-bond donors (Lipinski definition) is 3. The summed E-state index contributed by atoms with van der Waals surface area (Å²) in [6, 6.07) is -0.638. The molecular formula is C59H113NO5. The molecule has 0 radical (unpaired) electrons. The third-order valence-electron chi connectivity index (χ3n) is 13.5. The Morgan fingerprint density at radius 1 is 0.415 bits per heavy atom. The predicted molar refractivity (Wildman–Crippen MR) is 283 cm³/mol. The first-order valence-electron chi connectivity index (χ1n) is 29.1. The van der Waals surface area contributed by atoms with Crippen LogP contribution >= 0.6 is 0 Å². The smallest absolute Gasteiger partial charge is 0.305 e. The molecule has 6 nitrogen and oxygen atoms in total. The van der Waals surface area contributed by atoms with Gasteiger partial charge in [-0.3, -0.25) is 9.59 Å². The summed E-state index contributed by atoms with van der Waals surface area (Å²) in [4.78, 5) is 24.5. The minimum Gasteiger partial charge on any atom is -0.466 e. The molecule has 0 aromatic rings. The SMILES string of the molecule is CCCCCCCC/C=C\CCCCCCCCCC(=O)OCCCCCCCCCCCCCCCC(=O)NC(CO)C(O)/C=C/CCCCCCCCCCCCCCCCCC. The van der Waals surface area contributed by atoms with Crippen molar-refractivity contribution in [1.29, 1.82) is 0 Å². The lowest BCUT2D eigenvalue weighted by Crippen LogP contribution is -2.45. The molecule has 0 saturated carbocycles. The van der Waals surface area contributed by atoms with Gasteiger partial charge in [-0.2, -0.15) is 0 Å². The number of carbonyl (C=O) groups is 2. The maximum atomic E-state index is 12.5. The van der Waals surface area contributed by atoms with Crippen LogP contribution in [0.2, 0.25) is 0 Å². The number of aliphatic hydroxyl groups is 2. The number of unbranched alkanes of at least 4 members (excludes halogenated alkanes) is 41. The molecule has 1 amide bonds. The zero-order chi connectivity index (χ0) is 47.2. The van der Waals surface area contributed by atoms with Crippen LogP contribution in [0.25, 0.3) is 0 Å². The predicted octanol–water partition coefficient (Wildman–Crippen LogP) is 17.9. The topological polar surface area (TPSA) is 95.9 Å². The van der Waals surface area contributed by atoms with Gasteiger partial charge < -0.3 is 20.3 Å². The molecule has 65 heavy (non-hydrogen) atoms. The van der Waals surface area contributed by atoms with E-state index in [2.05, 4.69) is 31.3 Å². The summed E-state index contributed by atoms with van der Waals surface area (Å²) in [5.74, 6) is -0.0886. The van der Waals surface area contributed by atoms with E-state index in [1.807, 2.05) is 6.08 Å².